The Morgan fingerprint density at radius 3 is 2.85 bits per heavy atom. The second kappa shape index (κ2) is 6.05. The van der Waals surface area contributed by atoms with E-state index in [2.05, 4.69) is 5.32 Å². The van der Waals surface area contributed by atoms with Gasteiger partial charge in [-0.2, -0.15) is 0 Å². The SMILES string of the molecule is Cc1ccc(C)c(CC(=O)N2CCNCC2C(=O)O)c1. The third-order valence-corrected chi connectivity index (χ3v) is 3.70. The largest absolute Gasteiger partial charge is 0.480 e. The lowest BCUT2D eigenvalue weighted by atomic mass is 10.0. The molecule has 1 aromatic carbocycles. The van der Waals surface area contributed by atoms with Gasteiger partial charge in [0, 0.05) is 19.6 Å². The third kappa shape index (κ3) is 3.17. The van der Waals surface area contributed by atoms with Crippen molar-refractivity contribution in [3.8, 4) is 0 Å². The van der Waals surface area contributed by atoms with Gasteiger partial charge in [-0.1, -0.05) is 23.8 Å². The lowest BCUT2D eigenvalue weighted by molar-refractivity contribution is -0.150. The molecule has 1 fully saturated rings. The minimum atomic E-state index is -0.952. The van der Waals surface area contributed by atoms with Gasteiger partial charge < -0.3 is 15.3 Å². The Kier molecular flexibility index (Phi) is 4.39. The van der Waals surface area contributed by atoms with Gasteiger partial charge in [-0.15, -0.1) is 0 Å². The average molecular weight is 276 g/mol. The standard InChI is InChI=1S/C15H20N2O3/c1-10-3-4-11(2)12(7-10)8-14(18)17-6-5-16-9-13(17)15(19)20/h3-4,7,13,16H,5-6,8-9H2,1-2H3,(H,19,20). The van der Waals surface area contributed by atoms with E-state index in [4.69, 9.17) is 0 Å². The number of hydrogen-bond donors (Lipinski definition) is 2. The third-order valence-electron chi connectivity index (χ3n) is 3.70. The van der Waals surface area contributed by atoms with Crippen molar-refractivity contribution in [1.29, 1.82) is 0 Å². The number of hydrogen-bond acceptors (Lipinski definition) is 3. The van der Waals surface area contributed by atoms with Crippen molar-refractivity contribution >= 4 is 11.9 Å². The summed E-state index contributed by atoms with van der Waals surface area (Å²) in [4.78, 5) is 25.1. The first-order chi connectivity index (χ1) is 9.49. The lowest BCUT2D eigenvalue weighted by Crippen LogP contribution is -2.57. The summed E-state index contributed by atoms with van der Waals surface area (Å²) in [6.45, 7) is 5.35. The molecule has 1 saturated heterocycles. The van der Waals surface area contributed by atoms with Gasteiger partial charge in [0.1, 0.15) is 6.04 Å². The topological polar surface area (TPSA) is 69.6 Å². The van der Waals surface area contributed by atoms with Crippen molar-refractivity contribution in [2.75, 3.05) is 19.6 Å². The van der Waals surface area contributed by atoms with Gasteiger partial charge in [0.15, 0.2) is 0 Å². The Morgan fingerprint density at radius 2 is 2.15 bits per heavy atom. The Hall–Kier alpha value is -1.88. The molecule has 5 nitrogen and oxygen atoms in total. The molecule has 0 bridgehead atoms. The zero-order chi connectivity index (χ0) is 14.7. The van der Waals surface area contributed by atoms with E-state index in [1.807, 2.05) is 32.0 Å². The van der Waals surface area contributed by atoms with Gasteiger partial charge >= 0.3 is 5.97 Å². The van der Waals surface area contributed by atoms with Gasteiger partial charge in [0.25, 0.3) is 0 Å². The number of carbonyl (C=O) groups is 2. The zero-order valence-corrected chi connectivity index (χ0v) is 11.8. The molecule has 2 rings (SSSR count). The maximum atomic E-state index is 12.4. The summed E-state index contributed by atoms with van der Waals surface area (Å²) in [6, 6.07) is 5.23. The number of nitrogens with one attached hydrogen (secondary N) is 1. The summed E-state index contributed by atoms with van der Waals surface area (Å²) in [5.41, 5.74) is 3.14. The Morgan fingerprint density at radius 1 is 1.40 bits per heavy atom. The Labute approximate surface area is 118 Å². The lowest BCUT2D eigenvalue weighted by Gasteiger charge is -2.33. The number of aliphatic carboxylic acids is 1. The van der Waals surface area contributed by atoms with Crippen molar-refractivity contribution in [2.45, 2.75) is 26.3 Å². The Balaban J connectivity index is 2.14. The summed E-state index contributed by atoms with van der Waals surface area (Å²) in [5.74, 6) is -1.07. The second-order valence-electron chi connectivity index (χ2n) is 5.25. The van der Waals surface area contributed by atoms with Crippen LogP contribution in [0.5, 0.6) is 0 Å². The fourth-order valence-electron chi connectivity index (χ4n) is 2.48. The molecular formula is C15H20N2O3. The number of carboxylic acids is 1. The molecule has 0 radical (unpaired) electrons. The molecule has 0 aliphatic carbocycles. The van der Waals surface area contributed by atoms with Gasteiger partial charge in [0.2, 0.25) is 5.91 Å². The molecule has 1 atom stereocenters. The van der Waals surface area contributed by atoms with Crippen molar-refractivity contribution in [3.63, 3.8) is 0 Å². The number of rotatable bonds is 3. The van der Waals surface area contributed by atoms with Crippen LogP contribution < -0.4 is 5.32 Å². The molecule has 5 heteroatoms. The predicted molar refractivity (Wildman–Crippen MR) is 75.6 cm³/mol. The van der Waals surface area contributed by atoms with E-state index in [-0.39, 0.29) is 12.3 Å². The summed E-state index contributed by atoms with van der Waals surface area (Å²) in [6.07, 6.45) is 0.261. The Bertz CT molecular complexity index is 528. The molecule has 0 spiro atoms. The fourth-order valence-corrected chi connectivity index (χ4v) is 2.48. The summed E-state index contributed by atoms with van der Waals surface area (Å²) >= 11 is 0. The van der Waals surface area contributed by atoms with E-state index < -0.39 is 12.0 Å². The molecule has 1 heterocycles. The fraction of sp³-hybridized carbons (Fsp3) is 0.467. The normalized spacial score (nSPS) is 18.9. The van der Waals surface area contributed by atoms with Crippen LogP contribution in [0.2, 0.25) is 0 Å². The number of piperazine rings is 1. The van der Waals surface area contributed by atoms with Gasteiger partial charge in [-0.05, 0) is 25.0 Å². The number of benzene rings is 1. The smallest absolute Gasteiger partial charge is 0.327 e. The van der Waals surface area contributed by atoms with Crippen LogP contribution >= 0.6 is 0 Å². The van der Waals surface area contributed by atoms with Gasteiger partial charge in [-0.3, -0.25) is 4.79 Å². The molecule has 20 heavy (non-hydrogen) atoms. The number of nitrogens with zero attached hydrogens (tertiary/aromatic N) is 1. The molecule has 1 unspecified atom stereocenters. The molecule has 0 aromatic heterocycles. The van der Waals surface area contributed by atoms with Gasteiger partial charge in [0.05, 0.1) is 6.42 Å². The van der Waals surface area contributed by atoms with Crippen LogP contribution in [-0.2, 0) is 16.0 Å². The maximum absolute atomic E-state index is 12.4. The molecule has 2 N–H and O–H groups in total. The van der Waals surface area contributed by atoms with Crippen LogP contribution in [0.25, 0.3) is 0 Å². The number of carboxylic acid groups (broad SMARTS) is 1. The second-order valence-corrected chi connectivity index (χ2v) is 5.25. The quantitative estimate of drug-likeness (QED) is 0.854. The van der Waals surface area contributed by atoms with Gasteiger partial charge in [-0.25, -0.2) is 4.79 Å². The first-order valence-corrected chi connectivity index (χ1v) is 6.78. The van der Waals surface area contributed by atoms with Crippen LogP contribution in [0.4, 0.5) is 0 Å². The van der Waals surface area contributed by atoms with E-state index in [0.717, 1.165) is 16.7 Å². The van der Waals surface area contributed by atoms with Crippen LogP contribution in [0.3, 0.4) is 0 Å². The molecular weight excluding hydrogens is 256 g/mol. The highest BCUT2D eigenvalue weighted by atomic mass is 16.4. The van der Waals surface area contributed by atoms with E-state index in [0.29, 0.717) is 19.6 Å². The minimum Gasteiger partial charge on any atom is -0.480 e. The van der Waals surface area contributed by atoms with E-state index in [1.54, 1.807) is 0 Å². The van der Waals surface area contributed by atoms with E-state index in [9.17, 15) is 14.7 Å². The molecule has 108 valence electrons. The number of carbonyl (C=O) groups excluding carboxylic acids is 1. The first kappa shape index (κ1) is 14.5. The molecule has 1 aliphatic rings. The minimum absolute atomic E-state index is 0.118. The summed E-state index contributed by atoms with van der Waals surface area (Å²) in [5, 5.41) is 12.2. The molecule has 1 amide bonds. The number of aryl methyl sites for hydroxylation is 2. The molecule has 1 aromatic rings. The predicted octanol–water partition coefficient (Wildman–Crippen LogP) is 0.731. The summed E-state index contributed by atoms with van der Waals surface area (Å²) in [7, 11) is 0. The highest BCUT2D eigenvalue weighted by Gasteiger charge is 2.31. The van der Waals surface area contributed by atoms with E-state index in [1.165, 1.54) is 4.90 Å². The van der Waals surface area contributed by atoms with Crippen LogP contribution in [-0.4, -0.2) is 47.6 Å². The van der Waals surface area contributed by atoms with E-state index >= 15 is 0 Å². The van der Waals surface area contributed by atoms with Crippen molar-refractivity contribution in [3.05, 3.63) is 34.9 Å². The van der Waals surface area contributed by atoms with Crippen LogP contribution in [0.1, 0.15) is 16.7 Å². The first-order valence-electron chi connectivity index (χ1n) is 6.78. The summed E-state index contributed by atoms with van der Waals surface area (Å²) < 4.78 is 0. The highest BCUT2D eigenvalue weighted by molar-refractivity contribution is 5.85. The van der Waals surface area contributed by atoms with Crippen LogP contribution in [0, 0.1) is 13.8 Å². The monoisotopic (exact) mass is 276 g/mol. The van der Waals surface area contributed by atoms with Crippen LogP contribution in [0.15, 0.2) is 18.2 Å². The van der Waals surface area contributed by atoms with Crippen molar-refractivity contribution in [2.24, 2.45) is 0 Å². The van der Waals surface area contributed by atoms with Crippen molar-refractivity contribution < 1.29 is 14.7 Å². The maximum Gasteiger partial charge on any atom is 0.327 e. The molecule has 1 aliphatic heterocycles. The highest BCUT2D eigenvalue weighted by Crippen LogP contribution is 2.14. The van der Waals surface area contributed by atoms with Crippen molar-refractivity contribution in [1.82, 2.24) is 10.2 Å². The average Bonchev–Trinajstić information content (AvgIpc) is 2.42. The number of amides is 1. The molecule has 0 saturated carbocycles. The zero-order valence-electron chi connectivity index (χ0n) is 11.8.